The van der Waals surface area contributed by atoms with Gasteiger partial charge in [-0.1, -0.05) is 43.1 Å². The molecule has 0 atom stereocenters. The van der Waals surface area contributed by atoms with Gasteiger partial charge in [-0.25, -0.2) is 0 Å². The molecule has 2 nitrogen and oxygen atoms in total. The van der Waals surface area contributed by atoms with E-state index in [1.807, 2.05) is 18.2 Å². The van der Waals surface area contributed by atoms with Crippen LogP contribution in [0, 0.1) is 0 Å². The lowest BCUT2D eigenvalue weighted by molar-refractivity contribution is 0.588. The van der Waals surface area contributed by atoms with Crippen molar-refractivity contribution < 1.29 is 0 Å². The summed E-state index contributed by atoms with van der Waals surface area (Å²) in [5.41, 5.74) is 2.22. The standard InChI is InChI=1S/C15H18Cl2N2/c1-11(2)18-8-12-6-7-19(9-12)10-13-14(16)4-3-5-15(13)17/h3-7,9,11,18H,8,10H2,1-2H3. The highest BCUT2D eigenvalue weighted by molar-refractivity contribution is 6.35. The summed E-state index contributed by atoms with van der Waals surface area (Å²) in [6.07, 6.45) is 4.17. The molecule has 102 valence electrons. The average molecular weight is 297 g/mol. The first kappa shape index (κ1) is 14.4. The van der Waals surface area contributed by atoms with E-state index in [9.17, 15) is 0 Å². The second-order valence-corrected chi connectivity index (χ2v) is 5.74. The van der Waals surface area contributed by atoms with E-state index >= 15 is 0 Å². The third-order valence-corrected chi connectivity index (χ3v) is 3.64. The Balaban J connectivity index is 2.07. The van der Waals surface area contributed by atoms with Crippen LogP contribution in [-0.4, -0.2) is 10.6 Å². The number of rotatable bonds is 5. The molecule has 0 aliphatic heterocycles. The molecule has 0 radical (unpaired) electrons. The molecule has 0 unspecified atom stereocenters. The lowest BCUT2D eigenvalue weighted by Crippen LogP contribution is -2.21. The van der Waals surface area contributed by atoms with Gasteiger partial charge in [0.1, 0.15) is 0 Å². The Morgan fingerprint density at radius 1 is 1.16 bits per heavy atom. The molecule has 2 rings (SSSR count). The number of benzene rings is 1. The van der Waals surface area contributed by atoms with Crippen LogP contribution >= 0.6 is 23.2 Å². The molecule has 0 aliphatic carbocycles. The van der Waals surface area contributed by atoms with Gasteiger partial charge in [-0.15, -0.1) is 0 Å². The number of hydrogen-bond acceptors (Lipinski definition) is 1. The molecule has 0 spiro atoms. The second kappa shape index (κ2) is 6.47. The maximum absolute atomic E-state index is 6.18. The lowest BCUT2D eigenvalue weighted by atomic mass is 10.2. The van der Waals surface area contributed by atoms with Crippen molar-refractivity contribution in [2.24, 2.45) is 0 Å². The minimum Gasteiger partial charge on any atom is -0.349 e. The Bertz CT molecular complexity index is 527. The second-order valence-electron chi connectivity index (χ2n) is 4.93. The van der Waals surface area contributed by atoms with Gasteiger partial charge in [0, 0.05) is 47.1 Å². The predicted octanol–water partition coefficient (Wildman–Crippen LogP) is 4.34. The van der Waals surface area contributed by atoms with Gasteiger partial charge in [0.15, 0.2) is 0 Å². The van der Waals surface area contributed by atoms with Crippen LogP contribution in [-0.2, 0) is 13.1 Å². The van der Waals surface area contributed by atoms with Gasteiger partial charge in [-0.3, -0.25) is 0 Å². The summed E-state index contributed by atoms with van der Waals surface area (Å²) in [6.45, 7) is 5.85. The fraction of sp³-hybridized carbons (Fsp3) is 0.333. The monoisotopic (exact) mass is 296 g/mol. The van der Waals surface area contributed by atoms with E-state index in [0.29, 0.717) is 22.6 Å². The molecule has 1 aromatic heterocycles. The van der Waals surface area contributed by atoms with Gasteiger partial charge in [0.25, 0.3) is 0 Å². The van der Waals surface area contributed by atoms with Crippen molar-refractivity contribution in [1.82, 2.24) is 9.88 Å². The Kier molecular flexibility index (Phi) is 4.92. The topological polar surface area (TPSA) is 17.0 Å². The fourth-order valence-electron chi connectivity index (χ4n) is 1.88. The smallest absolute Gasteiger partial charge is 0.0499 e. The van der Waals surface area contributed by atoms with E-state index < -0.39 is 0 Å². The van der Waals surface area contributed by atoms with Crippen LogP contribution in [0.25, 0.3) is 0 Å². The minimum absolute atomic E-state index is 0.487. The molecule has 0 amide bonds. The van der Waals surface area contributed by atoms with Crippen molar-refractivity contribution >= 4 is 23.2 Å². The highest BCUT2D eigenvalue weighted by atomic mass is 35.5. The van der Waals surface area contributed by atoms with E-state index in [-0.39, 0.29) is 0 Å². The van der Waals surface area contributed by atoms with E-state index in [1.54, 1.807) is 0 Å². The van der Waals surface area contributed by atoms with Crippen molar-refractivity contribution in [2.45, 2.75) is 33.0 Å². The summed E-state index contributed by atoms with van der Waals surface area (Å²) in [4.78, 5) is 0. The van der Waals surface area contributed by atoms with Gasteiger partial charge in [-0.2, -0.15) is 0 Å². The number of hydrogen-bond donors (Lipinski definition) is 1. The molecule has 19 heavy (non-hydrogen) atoms. The average Bonchev–Trinajstić information content (AvgIpc) is 2.79. The largest absolute Gasteiger partial charge is 0.349 e. The van der Waals surface area contributed by atoms with Crippen molar-refractivity contribution in [1.29, 1.82) is 0 Å². The minimum atomic E-state index is 0.487. The van der Waals surface area contributed by atoms with Crippen molar-refractivity contribution in [2.75, 3.05) is 0 Å². The lowest BCUT2D eigenvalue weighted by Gasteiger charge is -2.08. The summed E-state index contributed by atoms with van der Waals surface area (Å²) in [5.74, 6) is 0. The molecular formula is C15H18Cl2N2. The first-order valence-corrected chi connectivity index (χ1v) is 7.13. The number of nitrogens with zero attached hydrogens (tertiary/aromatic N) is 1. The first-order valence-electron chi connectivity index (χ1n) is 6.37. The van der Waals surface area contributed by atoms with Gasteiger partial charge in [0.2, 0.25) is 0 Å². The van der Waals surface area contributed by atoms with Crippen LogP contribution in [0.4, 0.5) is 0 Å². The van der Waals surface area contributed by atoms with E-state index in [1.165, 1.54) is 5.56 Å². The van der Waals surface area contributed by atoms with E-state index in [0.717, 1.165) is 12.1 Å². The highest BCUT2D eigenvalue weighted by Gasteiger charge is 2.06. The molecule has 1 aromatic carbocycles. The maximum atomic E-state index is 6.18. The summed E-state index contributed by atoms with van der Waals surface area (Å²) in [7, 11) is 0. The zero-order valence-corrected chi connectivity index (χ0v) is 12.7. The summed E-state index contributed by atoms with van der Waals surface area (Å²) >= 11 is 12.4. The van der Waals surface area contributed by atoms with E-state index in [4.69, 9.17) is 23.2 Å². The van der Waals surface area contributed by atoms with Crippen LogP contribution in [0.1, 0.15) is 25.0 Å². The highest BCUT2D eigenvalue weighted by Crippen LogP contribution is 2.25. The fourth-order valence-corrected chi connectivity index (χ4v) is 2.40. The van der Waals surface area contributed by atoms with Crippen molar-refractivity contribution in [3.8, 4) is 0 Å². The summed E-state index contributed by atoms with van der Waals surface area (Å²) in [6, 6.07) is 8.20. The van der Waals surface area contributed by atoms with Crippen LogP contribution in [0.15, 0.2) is 36.7 Å². The quantitative estimate of drug-likeness (QED) is 0.868. The van der Waals surface area contributed by atoms with Gasteiger partial charge < -0.3 is 9.88 Å². The summed E-state index contributed by atoms with van der Waals surface area (Å²) in [5, 5.41) is 4.82. The SMILES string of the molecule is CC(C)NCc1ccn(Cc2c(Cl)cccc2Cl)c1. The Hall–Kier alpha value is -0.960. The van der Waals surface area contributed by atoms with Crippen molar-refractivity contribution in [3.05, 3.63) is 57.8 Å². The zero-order valence-electron chi connectivity index (χ0n) is 11.2. The Morgan fingerprint density at radius 3 is 2.47 bits per heavy atom. The molecule has 0 aliphatic rings. The van der Waals surface area contributed by atoms with Gasteiger partial charge in [-0.05, 0) is 23.8 Å². The molecular weight excluding hydrogens is 279 g/mol. The van der Waals surface area contributed by atoms with Crippen LogP contribution in [0.2, 0.25) is 10.0 Å². The van der Waals surface area contributed by atoms with Crippen LogP contribution in [0.3, 0.4) is 0 Å². The first-order chi connectivity index (χ1) is 9.06. The molecule has 4 heteroatoms. The molecule has 1 N–H and O–H groups in total. The molecule has 0 fully saturated rings. The normalized spacial score (nSPS) is 11.2. The maximum Gasteiger partial charge on any atom is 0.0499 e. The Morgan fingerprint density at radius 2 is 1.84 bits per heavy atom. The number of nitrogens with one attached hydrogen (secondary N) is 1. The van der Waals surface area contributed by atoms with E-state index in [2.05, 4.69) is 42.2 Å². The molecule has 1 heterocycles. The molecule has 0 saturated carbocycles. The third-order valence-electron chi connectivity index (χ3n) is 2.93. The predicted molar refractivity (Wildman–Crippen MR) is 82.0 cm³/mol. The van der Waals surface area contributed by atoms with Gasteiger partial charge in [0.05, 0.1) is 0 Å². The Labute approximate surface area is 124 Å². The molecule has 2 aromatic rings. The number of aromatic nitrogens is 1. The molecule has 0 bridgehead atoms. The third kappa shape index (κ3) is 4.00. The van der Waals surface area contributed by atoms with Crippen LogP contribution < -0.4 is 5.32 Å². The van der Waals surface area contributed by atoms with Crippen molar-refractivity contribution in [3.63, 3.8) is 0 Å². The zero-order chi connectivity index (χ0) is 13.8. The van der Waals surface area contributed by atoms with Gasteiger partial charge >= 0.3 is 0 Å². The molecule has 0 saturated heterocycles. The van der Waals surface area contributed by atoms with Crippen LogP contribution in [0.5, 0.6) is 0 Å². The summed E-state index contributed by atoms with van der Waals surface area (Å²) < 4.78 is 2.10. The number of halogens is 2.